The monoisotopic (exact) mass is 400 g/mol. The predicted octanol–water partition coefficient (Wildman–Crippen LogP) is 1.42. The second kappa shape index (κ2) is 7.81. The molecule has 0 radical (unpaired) electrons. The van der Waals surface area contributed by atoms with Crippen molar-refractivity contribution in [3.05, 3.63) is 52.7 Å². The van der Waals surface area contributed by atoms with Gasteiger partial charge in [0.05, 0.1) is 0 Å². The first kappa shape index (κ1) is 19.6. The van der Waals surface area contributed by atoms with Crippen molar-refractivity contribution in [3.8, 4) is 0 Å². The third-order valence-corrected chi connectivity index (χ3v) is 5.62. The number of primary amides is 1. The molecule has 0 aliphatic carbocycles. The second-order valence-electron chi connectivity index (χ2n) is 6.52. The molecule has 1 saturated heterocycles. The summed E-state index contributed by atoms with van der Waals surface area (Å²) in [6, 6.07) is 11.6. The number of rotatable bonds is 7. The Morgan fingerprint density at radius 3 is 2.50 bits per heavy atom. The van der Waals surface area contributed by atoms with Gasteiger partial charge in [0.25, 0.3) is 5.91 Å². The molecule has 1 unspecified atom stereocenters. The number of anilines is 1. The molecule has 0 bridgehead atoms. The highest BCUT2D eigenvalue weighted by molar-refractivity contribution is 7.10. The van der Waals surface area contributed by atoms with Gasteiger partial charge in [-0.1, -0.05) is 24.3 Å². The number of amides is 5. The largest absolute Gasteiger partial charge is 0.370 e. The molecule has 2 heterocycles. The van der Waals surface area contributed by atoms with Gasteiger partial charge in [-0.25, -0.2) is 4.79 Å². The fourth-order valence-electron chi connectivity index (χ4n) is 3.02. The molecule has 3 rings (SSSR count). The van der Waals surface area contributed by atoms with Crippen LogP contribution in [0.2, 0.25) is 0 Å². The van der Waals surface area contributed by atoms with Crippen molar-refractivity contribution >= 4 is 40.8 Å². The minimum Gasteiger partial charge on any atom is -0.370 e. The van der Waals surface area contributed by atoms with E-state index in [1.165, 1.54) is 16.2 Å². The topological polar surface area (TPSA) is 113 Å². The van der Waals surface area contributed by atoms with E-state index in [0.717, 1.165) is 4.90 Å². The van der Waals surface area contributed by atoms with Gasteiger partial charge in [-0.05, 0) is 30.5 Å². The molecule has 1 fully saturated rings. The summed E-state index contributed by atoms with van der Waals surface area (Å²) in [7, 11) is 0. The van der Waals surface area contributed by atoms with Crippen LogP contribution in [-0.4, -0.2) is 41.7 Å². The van der Waals surface area contributed by atoms with Crippen LogP contribution in [0.3, 0.4) is 0 Å². The molecule has 3 N–H and O–H groups in total. The van der Waals surface area contributed by atoms with Crippen molar-refractivity contribution < 1.29 is 19.2 Å². The van der Waals surface area contributed by atoms with Gasteiger partial charge in [-0.3, -0.25) is 19.3 Å². The number of nitrogens with one attached hydrogen (secondary N) is 1. The number of hydrogen-bond acceptors (Lipinski definition) is 5. The molecule has 0 saturated carbocycles. The quantitative estimate of drug-likeness (QED) is 0.685. The van der Waals surface area contributed by atoms with Gasteiger partial charge < -0.3 is 16.0 Å². The van der Waals surface area contributed by atoms with Crippen LogP contribution in [0.4, 0.5) is 10.5 Å². The number of imide groups is 1. The van der Waals surface area contributed by atoms with Gasteiger partial charge in [0.2, 0.25) is 11.8 Å². The number of nitrogens with two attached hydrogens (primary N) is 1. The molecule has 1 aromatic heterocycles. The van der Waals surface area contributed by atoms with Gasteiger partial charge in [0.15, 0.2) is 5.54 Å². The Labute approximate surface area is 165 Å². The van der Waals surface area contributed by atoms with E-state index in [4.69, 9.17) is 5.73 Å². The second-order valence-corrected chi connectivity index (χ2v) is 7.47. The molecule has 146 valence electrons. The third kappa shape index (κ3) is 3.74. The summed E-state index contributed by atoms with van der Waals surface area (Å²) >= 11 is 1.35. The molecule has 2 aromatic rings. The lowest BCUT2D eigenvalue weighted by molar-refractivity contribution is -0.134. The van der Waals surface area contributed by atoms with Crippen LogP contribution in [0, 0.1) is 0 Å². The van der Waals surface area contributed by atoms with E-state index in [-0.39, 0.29) is 13.0 Å². The van der Waals surface area contributed by atoms with E-state index in [9.17, 15) is 19.2 Å². The molecule has 5 amide bonds. The van der Waals surface area contributed by atoms with Crippen molar-refractivity contribution in [3.63, 3.8) is 0 Å². The van der Waals surface area contributed by atoms with E-state index in [2.05, 4.69) is 5.32 Å². The minimum absolute atomic E-state index is 0.0340. The number of carbonyl (C=O) groups excluding carboxylic acids is 4. The number of carbonyl (C=O) groups is 4. The van der Waals surface area contributed by atoms with Gasteiger partial charge in [0, 0.05) is 23.5 Å². The number of hydrogen-bond donors (Lipinski definition) is 2. The summed E-state index contributed by atoms with van der Waals surface area (Å²) in [5.41, 5.74) is 4.57. The standard InChI is InChI=1S/C19H20N4O4S/c1-19(14-8-5-11-28-14)17(26)23(18(27)21-19)12-16(25)22(10-9-15(20)24)13-6-3-2-4-7-13/h2-8,11H,9-10,12H2,1H3,(H2,20,24)(H,21,27). The number of benzene rings is 1. The van der Waals surface area contributed by atoms with E-state index < -0.39 is 35.8 Å². The van der Waals surface area contributed by atoms with Gasteiger partial charge in [-0.15, -0.1) is 11.3 Å². The third-order valence-electron chi connectivity index (χ3n) is 4.53. The van der Waals surface area contributed by atoms with Crippen LogP contribution in [-0.2, 0) is 19.9 Å². The molecule has 1 aromatic carbocycles. The molecule has 1 aliphatic heterocycles. The highest BCUT2D eigenvalue weighted by Crippen LogP contribution is 2.32. The summed E-state index contributed by atoms with van der Waals surface area (Å²) in [6.45, 7) is 1.24. The van der Waals surface area contributed by atoms with Crippen molar-refractivity contribution in [2.45, 2.75) is 18.9 Å². The maximum Gasteiger partial charge on any atom is 0.325 e. The van der Waals surface area contributed by atoms with Crippen molar-refractivity contribution in [2.75, 3.05) is 18.0 Å². The van der Waals surface area contributed by atoms with E-state index in [1.54, 1.807) is 49.4 Å². The number of nitrogens with zero attached hydrogens (tertiary/aromatic N) is 2. The summed E-state index contributed by atoms with van der Waals surface area (Å²) in [4.78, 5) is 52.3. The minimum atomic E-state index is -1.20. The van der Waals surface area contributed by atoms with E-state index >= 15 is 0 Å². The number of para-hydroxylation sites is 1. The molecule has 9 heteroatoms. The summed E-state index contributed by atoms with van der Waals surface area (Å²) in [5.74, 6) is -1.52. The predicted molar refractivity (Wildman–Crippen MR) is 105 cm³/mol. The van der Waals surface area contributed by atoms with Crippen LogP contribution in [0.25, 0.3) is 0 Å². The van der Waals surface area contributed by atoms with Gasteiger partial charge in [0.1, 0.15) is 6.54 Å². The number of urea groups is 1. The molecular weight excluding hydrogens is 380 g/mol. The lowest BCUT2D eigenvalue weighted by Gasteiger charge is -2.25. The molecule has 1 aliphatic rings. The Kier molecular flexibility index (Phi) is 5.46. The zero-order chi connectivity index (χ0) is 20.3. The molecule has 1 atom stereocenters. The summed E-state index contributed by atoms with van der Waals surface area (Å²) < 4.78 is 0. The van der Waals surface area contributed by atoms with Gasteiger partial charge >= 0.3 is 6.03 Å². The van der Waals surface area contributed by atoms with Crippen LogP contribution < -0.4 is 16.0 Å². The van der Waals surface area contributed by atoms with Crippen LogP contribution in [0.5, 0.6) is 0 Å². The van der Waals surface area contributed by atoms with Crippen molar-refractivity contribution in [1.29, 1.82) is 0 Å². The highest BCUT2D eigenvalue weighted by Gasteiger charge is 2.50. The lowest BCUT2D eigenvalue weighted by atomic mass is 10.0. The van der Waals surface area contributed by atoms with E-state index in [0.29, 0.717) is 10.6 Å². The molecular formula is C19H20N4O4S. The lowest BCUT2D eigenvalue weighted by Crippen LogP contribution is -2.45. The van der Waals surface area contributed by atoms with Crippen LogP contribution in [0.15, 0.2) is 47.8 Å². The maximum atomic E-state index is 12.9. The average molecular weight is 400 g/mol. The Morgan fingerprint density at radius 2 is 1.89 bits per heavy atom. The fourth-order valence-corrected chi connectivity index (χ4v) is 3.85. The van der Waals surface area contributed by atoms with Crippen molar-refractivity contribution in [2.24, 2.45) is 5.73 Å². The highest BCUT2D eigenvalue weighted by atomic mass is 32.1. The average Bonchev–Trinajstić information content (AvgIpc) is 3.27. The first-order valence-corrected chi connectivity index (χ1v) is 9.52. The smallest absolute Gasteiger partial charge is 0.325 e. The van der Waals surface area contributed by atoms with Crippen LogP contribution in [0.1, 0.15) is 18.2 Å². The Bertz CT molecular complexity index is 900. The molecule has 8 nitrogen and oxygen atoms in total. The first-order valence-electron chi connectivity index (χ1n) is 8.65. The maximum absolute atomic E-state index is 12.9. The normalized spacial score (nSPS) is 18.8. The molecule has 0 spiro atoms. The first-order chi connectivity index (χ1) is 13.3. The zero-order valence-electron chi connectivity index (χ0n) is 15.3. The summed E-state index contributed by atoms with van der Waals surface area (Å²) in [5, 5.41) is 4.48. The fraction of sp³-hybridized carbons (Fsp3) is 0.263. The Morgan fingerprint density at radius 1 is 1.18 bits per heavy atom. The van der Waals surface area contributed by atoms with E-state index in [1.807, 2.05) is 5.38 Å². The number of thiophene rings is 1. The molecule has 28 heavy (non-hydrogen) atoms. The van der Waals surface area contributed by atoms with Crippen molar-refractivity contribution in [1.82, 2.24) is 10.2 Å². The van der Waals surface area contributed by atoms with Crippen LogP contribution >= 0.6 is 11.3 Å². The van der Waals surface area contributed by atoms with Gasteiger partial charge in [-0.2, -0.15) is 0 Å². The Hall–Kier alpha value is -3.20. The SMILES string of the molecule is CC1(c2cccs2)NC(=O)N(CC(=O)N(CCC(N)=O)c2ccccc2)C1=O. The summed E-state index contributed by atoms with van der Waals surface area (Å²) in [6.07, 6.45) is -0.0340. The zero-order valence-corrected chi connectivity index (χ0v) is 16.1. The Balaban J connectivity index is 1.80.